The Labute approximate surface area is 144 Å². The van der Waals surface area contributed by atoms with E-state index in [1.54, 1.807) is 0 Å². The molecule has 23 heavy (non-hydrogen) atoms. The number of esters is 2. The van der Waals surface area contributed by atoms with Gasteiger partial charge in [0.15, 0.2) is 0 Å². The zero-order chi connectivity index (χ0) is 17.7. The molecule has 0 saturated carbocycles. The van der Waals surface area contributed by atoms with E-state index in [0.717, 1.165) is 25.7 Å². The van der Waals surface area contributed by atoms with Crippen molar-refractivity contribution in [1.82, 2.24) is 0 Å². The lowest BCUT2D eigenvalue weighted by molar-refractivity contribution is -0.160. The minimum absolute atomic E-state index is 0.207. The van der Waals surface area contributed by atoms with Crippen LogP contribution in [0.5, 0.6) is 0 Å². The normalized spacial score (nSPS) is 13.3. The van der Waals surface area contributed by atoms with Crippen molar-refractivity contribution < 1.29 is 24.2 Å². The van der Waals surface area contributed by atoms with Gasteiger partial charge in [0, 0.05) is 17.9 Å². The monoisotopic (exact) mass is 366 g/mol. The van der Waals surface area contributed by atoms with E-state index < -0.39 is 30.0 Å². The van der Waals surface area contributed by atoms with Gasteiger partial charge in [0.25, 0.3) is 0 Å². The summed E-state index contributed by atoms with van der Waals surface area (Å²) in [6, 6.07) is -1.87. The SMILES string of the molecule is CCCCCCCC(=O)OC(=O)[C@@H](N)CSSC[C@H](N)C(=O)O. The molecular formula is C14H26N2O5S2. The first-order chi connectivity index (χ1) is 10.9. The lowest BCUT2D eigenvalue weighted by Crippen LogP contribution is -2.36. The van der Waals surface area contributed by atoms with Crippen LogP contribution in [0.25, 0.3) is 0 Å². The number of carboxylic acids is 1. The van der Waals surface area contributed by atoms with Crippen molar-refractivity contribution in [1.29, 1.82) is 0 Å². The van der Waals surface area contributed by atoms with Crippen molar-refractivity contribution in [2.75, 3.05) is 11.5 Å². The van der Waals surface area contributed by atoms with Crippen LogP contribution in [0.1, 0.15) is 45.4 Å². The van der Waals surface area contributed by atoms with Gasteiger partial charge in [-0.15, -0.1) is 0 Å². The number of carbonyl (C=O) groups excluding carboxylic acids is 2. The van der Waals surface area contributed by atoms with Gasteiger partial charge in [-0.25, -0.2) is 4.79 Å². The molecule has 134 valence electrons. The van der Waals surface area contributed by atoms with E-state index in [0.29, 0.717) is 6.42 Å². The van der Waals surface area contributed by atoms with Crippen molar-refractivity contribution in [3.63, 3.8) is 0 Å². The summed E-state index contributed by atoms with van der Waals surface area (Å²) in [7, 11) is 2.44. The summed E-state index contributed by atoms with van der Waals surface area (Å²) < 4.78 is 4.69. The van der Waals surface area contributed by atoms with Gasteiger partial charge in [-0.2, -0.15) is 0 Å². The first-order valence-corrected chi connectivity index (χ1v) is 10.1. The fourth-order valence-corrected chi connectivity index (χ4v) is 3.72. The second-order valence-corrected chi connectivity index (χ2v) is 7.63. The van der Waals surface area contributed by atoms with Crippen LogP contribution in [0.3, 0.4) is 0 Å². The van der Waals surface area contributed by atoms with Crippen LogP contribution in [0.4, 0.5) is 0 Å². The molecule has 0 spiro atoms. The fraction of sp³-hybridized carbons (Fsp3) is 0.786. The number of rotatable bonds is 13. The van der Waals surface area contributed by atoms with Crippen LogP contribution < -0.4 is 11.5 Å². The topological polar surface area (TPSA) is 133 Å². The largest absolute Gasteiger partial charge is 0.480 e. The highest BCUT2D eigenvalue weighted by Gasteiger charge is 2.19. The van der Waals surface area contributed by atoms with Crippen LogP contribution in [0.2, 0.25) is 0 Å². The van der Waals surface area contributed by atoms with Crippen LogP contribution >= 0.6 is 21.6 Å². The highest BCUT2D eigenvalue weighted by atomic mass is 33.1. The summed E-state index contributed by atoms with van der Waals surface area (Å²) in [4.78, 5) is 33.6. The van der Waals surface area contributed by atoms with E-state index in [4.69, 9.17) is 21.3 Å². The van der Waals surface area contributed by atoms with Crippen molar-refractivity contribution in [2.24, 2.45) is 11.5 Å². The van der Waals surface area contributed by atoms with Crippen LogP contribution in [-0.4, -0.2) is 46.6 Å². The number of aliphatic carboxylic acids is 1. The van der Waals surface area contributed by atoms with Crippen molar-refractivity contribution in [2.45, 2.75) is 57.5 Å². The molecule has 0 aromatic carbocycles. The predicted octanol–water partition coefficient (Wildman–Crippen LogP) is 1.54. The molecule has 0 rings (SSSR count). The summed E-state index contributed by atoms with van der Waals surface area (Å²) in [5, 5.41) is 8.61. The number of hydrogen-bond acceptors (Lipinski definition) is 8. The van der Waals surface area contributed by atoms with E-state index in [-0.39, 0.29) is 17.9 Å². The lowest BCUT2D eigenvalue weighted by atomic mass is 10.1. The van der Waals surface area contributed by atoms with Crippen LogP contribution in [0, 0.1) is 0 Å². The second kappa shape index (κ2) is 13.6. The zero-order valence-electron chi connectivity index (χ0n) is 13.4. The summed E-state index contributed by atoms with van der Waals surface area (Å²) >= 11 is 0. The van der Waals surface area contributed by atoms with Gasteiger partial charge in [0.05, 0.1) is 0 Å². The first kappa shape index (κ1) is 22.2. The number of ether oxygens (including phenoxy) is 1. The summed E-state index contributed by atoms with van der Waals surface area (Å²) in [6.07, 6.45) is 5.21. The molecule has 0 aliphatic heterocycles. The molecule has 0 radical (unpaired) electrons. The van der Waals surface area contributed by atoms with E-state index in [1.165, 1.54) is 21.6 Å². The first-order valence-electron chi connectivity index (χ1n) is 7.61. The molecule has 0 saturated heterocycles. The maximum absolute atomic E-state index is 11.6. The minimum Gasteiger partial charge on any atom is -0.480 e. The number of hydrogen-bond donors (Lipinski definition) is 3. The van der Waals surface area contributed by atoms with Gasteiger partial charge >= 0.3 is 17.9 Å². The van der Waals surface area contributed by atoms with E-state index in [2.05, 4.69) is 6.92 Å². The number of unbranched alkanes of at least 4 members (excludes halogenated alkanes) is 4. The quantitative estimate of drug-likeness (QED) is 0.192. The Hall–Kier alpha value is -0.770. The zero-order valence-corrected chi connectivity index (χ0v) is 15.0. The maximum Gasteiger partial charge on any atom is 0.331 e. The summed E-state index contributed by atoms with van der Waals surface area (Å²) in [5.74, 6) is -1.95. The Kier molecular flexibility index (Phi) is 13.2. The molecule has 0 aliphatic carbocycles. The van der Waals surface area contributed by atoms with Crippen LogP contribution in [-0.2, 0) is 19.1 Å². The molecule has 0 amide bonds. The van der Waals surface area contributed by atoms with Crippen molar-refractivity contribution in [3.8, 4) is 0 Å². The molecule has 7 nitrogen and oxygen atoms in total. The van der Waals surface area contributed by atoms with Crippen LogP contribution in [0.15, 0.2) is 0 Å². The molecule has 0 fully saturated rings. The van der Waals surface area contributed by atoms with Gasteiger partial charge < -0.3 is 21.3 Å². The van der Waals surface area contributed by atoms with Gasteiger partial charge in [-0.05, 0) is 6.42 Å². The average Bonchev–Trinajstić information content (AvgIpc) is 2.50. The molecular weight excluding hydrogens is 340 g/mol. The Morgan fingerprint density at radius 1 is 1.00 bits per heavy atom. The van der Waals surface area contributed by atoms with Gasteiger partial charge in [0.1, 0.15) is 12.1 Å². The average molecular weight is 367 g/mol. The van der Waals surface area contributed by atoms with Gasteiger partial charge in [-0.1, -0.05) is 54.2 Å². The smallest absolute Gasteiger partial charge is 0.331 e. The number of carbonyl (C=O) groups is 3. The Morgan fingerprint density at radius 3 is 2.13 bits per heavy atom. The Balaban J connectivity index is 3.75. The van der Waals surface area contributed by atoms with E-state index in [1.807, 2.05) is 0 Å². The molecule has 0 aliphatic rings. The highest BCUT2D eigenvalue weighted by molar-refractivity contribution is 8.76. The lowest BCUT2D eigenvalue weighted by Gasteiger charge is -2.10. The maximum atomic E-state index is 11.6. The second-order valence-electron chi connectivity index (χ2n) is 5.08. The number of nitrogens with two attached hydrogens (primary N) is 2. The molecule has 0 bridgehead atoms. The van der Waals surface area contributed by atoms with E-state index >= 15 is 0 Å². The van der Waals surface area contributed by atoms with Crippen molar-refractivity contribution >= 4 is 39.5 Å². The third-order valence-corrected chi connectivity index (χ3v) is 5.37. The summed E-state index contributed by atoms with van der Waals surface area (Å²) in [5.41, 5.74) is 11.0. The molecule has 0 heterocycles. The van der Waals surface area contributed by atoms with Crippen molar-refractivity contribution in [3.05, 3.63) is 0 Å². The third kappa shape index (κ3) is 12.3. The fourth-order valence-electron chi connectivity index (χ4n) is 1.49. The molecule has 2 atom stereocenters. The number of carboxylic acid groups (broad SMARTS) is 1. The van der Waals surface area contributed by atoms with Gasteiger partial charge in [0.2, 0.25) is 0 Å². The highest BCUT2D eigenvalue weighted by Crippen LogP contribution is 2.22. The van der Waals surface area contributed by atoms with E-state index in [9.17, 15) is 14.4 Å². The summed E-state index contributed by atoms with van der Waals surface area (Å²) in [6.45, 7) is 2.11. The Morgan fingerprint density at radius 2 is 1.57 bits per heavy atom. The standard InChI is InChI=1S/C14H26N2O5S2/c1-2-3-4-5-6-7-12(17)21-14(20)11(16)9-23-22-8-10(15)13(18)19/h10-11H,2-9,15-16H2,1H3,(H,18,19)/t10-,11-/m0/s1. The predicted molar refractivity (Wildman–Crippen MR) is 93.0 cm³/mol. The molecule has 5 N–H and O–H groups in total. The van der Waals surface area contributed by atoms with Gasteiger partial charge in [-0.3, -0.25) is 9.59 Å². The Bertz CT molecular complexity index is 382. The third-order valence-electron chi connectivity index (χ3n) is 2.90. The molecule has 0 unspecified atom stereocenters. The molecule has 0 aromatic rings. The molecule has 0 aromatic heterocycles. The molecule has 9 heteroatoms. The minimum atomic E-state index is -1.08.